The van der Waals surface area contributed by atoms with Crippen LogP contribution in [0.2, 0.25) is 0 Å². The predicted octanol–water partition coefficient (Wildman–Crippen LogP) is 3.41. The number of likely N-dealkylation sites (tertiary alicyclic amines) is 1. The molecule has 0 bridgehead atoms. The van der Waals surface area contributed by atoms with Crippen molar-refractivity contribution < 1.29 is 9.21 Å². The molecule has 0 spiro atoms. The monoisotopic (exact) mass is 350 g/mol. The van der Waals surface area contributed by atoms with Gasteiger partial charge < -0.3 is 14.6 Å². The number of halogens is 1. The molecule has 1 amide bonds. The van der Waals surface area contributed by atoms with E-state index in [9.17, 15) is 4.79 Å². The smallest absolute Gasteiger partial charge is 0.289 e. The molecule has 1 aliphatic heterocycles. The number of nitrogens with zero attached hydrogens (tertiary/aromatic N) is 1. The fourth-order valence-electron chi connectivity index (χ4n) is 2.99. The van der Waals surface area contributed by atoms with Gasteiger partial charge >= 0.3 is 0 Å². The van der Waals surface area contributed by atoms with Crippen LogP contribution in [0, 0.1) is 0 Å². The summed E-state index contributed by atoms with van der Waals surface area (Å²) in [5.41, 5.74) is 0.739. The Hall–Kier alpha value is -1.33. The summed E-state index contributed by atoms with van der Waals surface area (Å²) in [4.78, 5) is 14.7. The molecule has 2 heterocycles. The van der Waals surface area contributed by atoms with E-state index in [2.05, 4.69) is 21.2 Å². The number of benzene rings is 1. The molecule has 1 fully saturated rings. The van der Waals surface area contributed by atoms with E-state index in [4.69, 9.17) is 4.42 Å². The molecule has 1 aromatic heterocycles. The zero-order chi connectivity index (χ0) is 14.8. The summed E-state index contributed by atoms with van der Waals surface area (Å²) >= 11 is 3.46. The number of carbonyl (C=O) groups is 1. The maximum Gasteiger partial charge on any atom is 0.289 e. The second-order valence-corrected chi connectivity index (χ2v) is 6.33. The minimum absolute atomic E-state index is 0.00181. The third kappa shape index (κ3) is 2.85. The molecule has 0 radical (unpaired) electrons. The van der Waals surface area contributed by atoms with Crippen molar-refractivity contribution in [2.75, 3.05) is 20.1 Å². The van der Waals surface area contributed by atoms with Crippen LogP contribution in [0.25, 0.3) is 11.0 Å². The number of nitrogens with one attached hydrogen (secondary N) is 1. The number of carbonyl (C=O) groups excluding carboxylic acids is 1. The molecule has 1 unspecified atom stereocenters. The molecule has 2 aromatic rings. The molecule has 112 valence electrons. The van der Waals surface area contributed by atoms with Gasteiger partial charge in [0.1, 0.15) is 5.58 Å². The molecule has 5 heteroatoms. The Morgan fingerprint density at radius 3 is 3.10 bits per heavy atom. The number of para-hydroxylation sites is 1. The largest absolute Gasteiger partial charge is 0.450 e. The fraction of sp³-hybridized carbons (Fsp3) is 0.438. The first-order chi connectivity index (χ1) is 10.2. The average Bonchev–Trinajstić information content (AvgIpc) is 2.93. The van der Waals surface area contributed by atoms with Crippen molar-refractivity contribution in [2.24, 2.45) is 0 Å². The topological polar surface area (TPSA) is 45.5 Å². The van der Waals surface area contributed by atoms with Gasteiger partial charge in [0.15, 0.2) is 5.76 Å². The zero-order valence-corrected chi connectivity index (χ0v) is 13.6. The zero-order valence-electron chi connectivity index (χ0n) is 12.1. The van der Waals surface area contributed by atoms with Crippen molar-refractivity contribution in [2.45, 2.75) is 25.3 Å². The highest BCUT2D eigenvalue weighted by atomic mass is 79.9. The minimum atomic E-state index is -0.00181. The summed E-state index contributed by atoms with van der Waals surface area (Å²) < 4.78 is 6.66. The highest BCUT2D eigenvalue weighted by Gasteiger charge is 2.29. The molecular weight excluding hydrogens is 332 g/mol. The number of piperidine rings is 1. The number of hydrogen-bond donors (Lipinski definition) is 1. The molecule has 3 rings (SSSR count). The fourth-order valence-corrected chi connectivity index (χ4v) is 3.45. The molecule has 0 saturated carbocycles. The number of furan rings is 1. The standard InChI is InChI=1S/C16H19BrN2O2/c1-18-10-12-6-2-3-8-19(12)16(20)14-9-11-5-4-7-13(17)15(11)21-14/h4-5,7,9,12,18H,2-3,6,8,10H2,1H3. The van der Waals surface area contributed by atoms with Crippen molar-refractivity contribution in [3.63, 3.8) is 0 Å². The lowest BCUT2D eigenvalue weighted by Gasteiger charge is -2.35. The summed E-state index contributed by atoms with van der Waals surface area (Å²) in [5.74, 6) is 0.429. The maximum absolute atomic E-state index is 12.8. The van der Waals surface area contributed by atoms with Gasteiger partial charge in [-0.05, 0) is 54.4 Å². The van der Waals surface area contributed by atoms with Crippen molar-refractivity contribution >= 4 is 32.8 Å². The van der Waals surface area contributed by atoms with E-state index >= 15 is 0 Å². The number of hydrogen-bond acceptors (Lipinski definition) is 3. The van der Waals surface area contributed by atoms with Crippen LogP contribution in [-0.4, -0.2) is 37.0 Å². The molecule has 1 saturated heterocycles. The lowest BCUT2D eigenvalue weighted by molar-refractivity contribution is 0.0585. The van der Waals surface area contributed by atoms with E-state index < -0.39 is 0 Å². The number of amides is 1. The van der Waals surface area contributed by atoms with Gasteiger partial charge in [0.2, 0.25) is 0 Å². The van der Waals surface area contributed by atoms with Crippen LogP contribution in [0.3, 0.4) is 0 Å². The van der Waals surface area contributed by atoms with Crippen molar-refractivity contribution in [1.29, 1.82) is 0 Å². The summed E-state index contributed by atoms with van der Waals surface area (Å²) in [6.07, 6.45) is 3.30. The second-order valence-electron chi connectivity index (χ2n) is 5.47. The summed E-state index contributed by atoms with van der Waals surface area (Å²) in [6.45, 7) is 1.64. The normalized spacial score (nSPS) is 19.1. The van der Waals surface area contributed by atoms with E-state index in [-0.39, 0.29) is 11.9 Å². The van der Waals surface area contributed by atoms with Crippen LogP contribution in [0.5, 0.6) is 0 Å². The van der Waals surface area contributed by atoms with E-state index in [1.165, 1.54) is 6.42 Å². The van der Waals surface area contributed by atoms with Gasteiger partial charge in [0.25, 0.3) is 5.91 Å². The van der Waals surface area contributed by atoms with Crippen LogP contribution in [-0.2, 0) is 0 Å². The molecule has 0 aliphatic carbocycles. The molecule has 1 atom stereocenters. The Balaban J connectivity index is 1.90. The Kier molecular flexibility index (Phi) is 4.31. The third-order valence-corrected chi connectivity index (χ3v) is 4.66. The summed E-state index contributed by atoms with van der Waals surface area (Å²) in [7, 11) is 1.93. The van der Waals surface area contributed by atoms with Crippen molar-refractivity contribution in [3.05, 3.63) is 34.5 Å². The van der Waals surface area contributed by atoms with Gasteiger partial charge in [-0.1, -0.05) is 12.1 Å². The molecule has 4 nitrogen and oxygen atoms in total. The minimum Gasteiger partial charge on any atom is -0.450 e. The van der Waals surface area contributed by atoms with E-state index in [1.54, 1.807) is 0 Å². The summed E-state index contributed by atoms with van der Waals surface area (Å²) in [6, 6.07) is 7.92. The SMILES string of the molecule is CNCC1CCCCN1C(=O)c1cc2cccc(Br)c2o1. The molecular formula is C16H19BrN2O2. The third-order valence-electron chi connectivity index (χ3n) is 4.03. The van der Waals surface area contributed by atoms with Gasteiger partial charge in [0.05, 0.1) is 4.47 Å². The summed E-state index contributed by atoms with van der Waals surface area (Å²) in [5, 5.41) is 4.13. The quantitative estimate of drug-likeness (QED) is 0.922. The van der Waals surface area contributed by atoms with Crippen LogP contribution >= 0.6 is 15.9 Å². The van der Waals surface area contributed by atoms with E-state index in [0.29, 0.717) is 5.76 Å². The molecule has 1 aromatic carbocycles. The Labute approximate surface area is 132 Å². The average molecular weight is 351 g/mol. The van der Waals surface area contributed by atoms with Gasteiger partial charge in [-0.3, -0.25) is 4.79 Å². The van der Waals surface area contributed by atoms with Gasteiger partial charge in [-0.15, -0.1) is 0 Å². The number of likely N-dealkylation sites (N-methyl/N-ethyl adjacent to an activating group) is 1. The highest BCUT2D eigenvalue weighted by molar-refractivity contribution is 9.10. The first-order valence-electron chi connectivity index (χ1n) is 7.34. The Morgan fingerprint density at radius 2 is 2.33 bits per heavy atom. The van der Waals surface area contributed by atoms with Crippen LogP contribution < -0.4 is 5.32 Å². The van der Waals surface area contributed by atoms with Crippen LogP contribution in [0.15, 0.2) is 33.2 Å². The molecule has 1 N–H and O–H groups in total. The van der Waals surface area contributed by atoms with Crippen molar-refractivity contribution in [1.82, 2.24) is 10.2 Å². The molecule has 21 heavy (non-hydrogen) atoms. The van der Waals surface area contributed by atoms with E-state index in [0.717, 1.165) is 41.4 Å². The first-order valence-corrected chi connectivity index (χ1v) is 8.13. The number of rotatable bonds is 3. The van der Waals surface area contributed by atoms with Gasteiger partial charge in [-0.2, -0.15) is 0 Å². The maximum atomic E-state index is 12.8. The van der Waals surface area contributed by atoms with Crippen molar-refractivity contribution in [3.8, 4) is 0 Å². The van der Waals surface area contributed by atoms with Crippen LogP contribution in [0.4, 0.5) is 0 Å². The predicted molar refractivity (Wildman–Crippen MR) is 86.5 cm³/mol. The first kappa shape index (κ1) is 14.6. The Bertz CT molecular complexity index is 651. The Morgan fingerprint density at radius 1 is 1.48 bits per heavy atom. The lowest BCUT2D eigenvalue weighted by atomic mass is 10.0. The lowest BCUT2D eigenvalue weighted by Crippen LogP contribution is -2.47. The number of fused-ring (bicyclic) bond motifs is 1. The van der Waals surface area contributed by atoms with Gasteiger partial charge in [0, 0.05) is 24.5 Å². The second kappa shape index (κ2) is 6.20. The van der Waals surface area contributed by atoms with E-state index in [1.807, 2.05) is 36.2 Å². The highest BCUT2D eigenvalue weighted by Crippen LogP contribution is 2.28. The molecule has 1 aliphatic rings. The van der Waals surface area contributed by atoms with Crippen LogP contribution in [0.1, 0.15) is 29.8 Å². The van der Waals surface area contributed by atoms with Gasteiger partial charge in [-0.25, -0.2) is 0 Å².